The van der Waals surface area contributed by atoms with Crippen molar-refractivity contribution in [1.29, 1.82) is 0 Å². The molecule has 0 aromatic heterocycles. The van der Waals surface area contributed by atoms with Gasteiger partial charge >= 0.3 is 0 Å². The molecule has 2 aromatic carbocycles. The molecule has 1 amide bonds. The summed E-state index contributed by atoms with van der Waals surface area (Å²) >= 11 is 0. The number of benzene rings is 2. The Morgan fingerprint density at radius 3 is 2.17 bits per heavy atom. The van der Waals surface area contributed by atoms with Crippen LogP contribution in [0.2, 0.25) is 0 Å². The minimum Gasteiger partial charge on any atom is -0.504 e. The van der Waals surface area contributed by atoms with Crippen LogP contribution in [-0.2, 0) is 0 Å². The number of amides is 1. The van der Waals surface area contributed by atoms with E-state index in [1.165, 1.54) is 12.1 Å². The van der Waals surface area contributed by atoms with Gasteiger partial charge in [0.2, 0.25) is 0 Å². The van der Waals surface area contributed by atoms with Crippen molar-refractivity contribution in [3.8, 4) is 11.5 Å². The predicted molar refractivity (Wildman–Crippen MR) is 92.9 cm³/mol. The van der Waals surface area contributed by atoms with Gasteiger partial charge in [-0.3, -0.25) is 4.79 Å². The molecule has 1 heterocycles. The lowest BCUT2D eigenvalue weighted by Gasteiger charge is -2.32. The number of anilines is 2. The maximum atomic E-state index is 12.5. The van der Waals surface area contributed by atoms with Gasteiger partial charge in [-0.05, 0) is 43.4 Å². The Balaban J connectivity index is 1.66. The zero-order valence-electron chi connectivity index (χ0n) is 13.6. The van der Waals surface area contributed by atoms with Gasteiger partial charge in [-0.1, -0.05) is 0 Å². The van der Waals surface area contributed by atoms with Gasteiger partial charge in [0, 0.05) is 49.2 Å². The van der Waals surface area contributed by atoms with Crippen molar-refractivity contribution in [3.63, 3.8) is 0 Å². The molecule has 1 saturated heterocycles. The normalized spacial score (nSPS) is 15.3. The monoisotopic (exact) mass is 327 g/mol. The number of likely N-dealkylation sites (N-methyl/N-ethyl adjacent to an activating group) is 1. The number of phenolic OH excluding ortho intramolecular Hbond substituents is 2. The molecule has 6 heteroatoms. The van der Waals surface area contributed by atoms with Crippen LogP contribution in [0.15, 0.2) is 42.5 Å². The zero-order valence-corrected chi connectivity index (χ0v) is 13.6. The highest BCUT2D eigenvalue weighted by molar-refractivity contribution is 5.94. The standard InChI is InChI=1S/C18H21N3O3/c1-20-8-10-21(11-9-20)18(24)13-2-4-14(5-3-13)19-15-6-7-16(22)17(23)12-15/h2-7,12,19,22-23H,8-11H2,1H3. The van der Waals surface area contributed by atoms with Crippen LogP contribution < -0.4 is 5.32 Å². The van der Waals surface area contributed by atoms with Crippen molar-refractivity contribution in [2.45, 2.75) is 0 Å². The van der Waals surface area contributed by atoms with Gasteiger partial charge in [0.25, 0.3) is 5.91 Å². The van der Waals surface area contributed by atoms with Crippen LogP contribution in [0.25, 0.3) is 0 Å². The molecule has 126 valence electrons. The Hall–Kier alpha value is -2.73. The maximum absolute atomic E-state index is 12.5. The fourth-order valence-electron chi connectivity index (χ4n) is 2.66. The first-order valence-corrected chi connectivity index (χ1v) is 7.90. The molecule has 6 nitrogen and oxygen atoms in total. The number of hydrogen-bond donors (Lipinski definition) is 3. The molecule has 0 atom stereocenters. The Kier molecular flexibility index (Phi) is 4.57. The number of nitrogens with zero attached hydrogens (tertiary/aromatic N) is 2. The van der Waals surface area contributed by atoms with E-state index in [0.29, 0.717) is 11.3 Å². The van der Waals surface area contributed by atoms with Crippen LogP contribution in [0.5, 0.6) is 11.5 Å². The lowest BCUT2D eigenvalue weighted by atomic mass is 10.1. The van der Waals surface area contributed by atoms with Crippen LogP contribution in [0.3, 0.4) is 0 Å². The molecule has 3 rings (SSSR count). The van der Waals surface area contributed by atoms with Gasteiger partial charge in [-0.25, -0.2) is 0 Å². The van der Waals surface area contributed by atoms with E-state index in [9.17, 15) is 15.0 Å². The van der Waals surface area contributed by atoms with Gasteiger partial charge in [-0.2, -0.15) is 0 Å². The summed E-state index contributed by atoms with van der Waals surface area (Å²) in [6, 6.07) is 11.8. The predicted octanol–water partition coefficient (Wildman–Crippen LogP) is 2.23. The lowest BCUT2D eigenvalue weighted by Crippen LogP contribution is -2.47. The number of piperazine rings is 1. The summed E-state index contributed by atoms with van der Waals surface area (Å²) in [7, 11) is 2.06. The third kappa shape index (κ3) is 3.60. The van der Waals surface area contributed by atoms with E-state index < -0.39 is 0 Å². The average molecular weight is 327 g/mol. The van der Waals surface area contributed by atoms with Crippen molar-refractivity contribution in [2.24, 2.45) is 0 Å². The Bertz CT molecular complexity index is 723. The fourth-order valence-corrected chi connectivity index (χ4v) is 2.66. The first-order valence-electron chi connectivity index (χ1n) is 7.90. The number of rotatable bonds is 3. The molecule has 1 fully saturated rings. The summed E-state index contributed by atoms with van der Waals surface area (Å²) in [4.78, 5) is 16.6. The van der Waals surface area contributed by atoms with Gasteiger partial charge < -0.3 is 25.3 Å². The smallest absolute Gasteiger partial charge is 0.253 e. The third-order valence-corrected chi connectivity index (χ3v) is 4.19. The van der Waals surface area contributed by atoms with E-state index in [4.69, 9.17) is 0 Å². The Morgan fingerprint density at radius 2 is 1.54 bits per heavy atom. The molecule has 0 spiro atoms. The molecule has 1 aliphatic rings. The fraction of sp³-hybridized carbons (Fsp3) is 0.278. The quantitative estimate of drug-likeness (QED) is 0.595. The number of aromatic hydroxyl groups is 2. The van der Waals surface area contributed by atoms with E-state index in [2.05, 4.69) is 17.3 Å². The lowest BCUT2D eigenvalue weighted by molar-refractivity contribution is 0.0664. The molecule has 0 saturated carbocycles. The number of hydrogen-bond acceptors (Lipinski definition) is 5. The average Bonchev–Trinajstić information content (AvgIpc) is 2.59. The molecule has 0 unspecified atom stereocenters. The molecule has 0 radical (unpaired) electrons. The first-order chi connectivity index (χ1) is 11.5. The van der Waals surface area contributed by atoms with E-state index >= 15 is 0 Å². The molecule has 2 aromatic rings. The number of nitrogens with one attached hydrogen (secondary N) is 1. The van der Waals surface area contributed by atoms with Gasteiger partial charge in [-0.15, -0.1) is 0 Å². The minimum absolute atomic E-state index is 0.0527. The summed E-state index contributed by atoms with van der Waals surface area (Å²) in [6.07, 6.45) is 0. The molecule has 24 heavy (non-hydrogen) atoms. The SMILES string of the molecule is CN1CCN(C(=O)c2ccc(Nc3ccc(O)c(O)c3)cc2)CC1. The van der Waals surface area contributed by atoms with E-state index in [1.54, 1.807) is 18.2 Å². The molecule has 1 aliphatic heterocycles. The molecule has 0 bridgehead atoms. The summed E-state index contributed by atoms with van der Waals surface area (Å²) in [5, 5.41) is 22.0. The Labute approximate surface area is 140 Å². The van der Waals surface area contributed by atoms with Gasteiger partial charge in [0.1, 0.15) is 0 Å². The largest absolute Gasteiger partial charge is 0.504 e. The summed E-state index contributed by atoms with van der Waals surface area (Å²) in [5.41, 5.74) is 2.12. The van der Waals surface area contributed by atoms with Crippen molar-refractivity contribution in [1.82, 2.24) is 9.80 Å². The second-order valence-corrected chi connectivity index (χ2v) is 6.00. The third-order valence-electron chi connectivity index (χ3n) is 4.19. The van der Waals surface area contributed by atoms with E-state index in [1.807, 2.05) is 17.0 Å². The Morgan fingerprint density at radius 1 is 0.917 bits per heavy atom. The topological polar surface area (TPSA) is 76.0 Å². The zero-order chi connectivity index (χ0) is 17.1. The molecule has 0 aliphatic carbocycles. The highest BCUT2D eigenvalue weighted by Crippen LogP contribution is 2.29. The molecular weight excluding hydrogens is 306 g/mol. The first kappa shape index (κ1) is 16.1. The number of carbonyl (C=O) groups excluding carboxylic acids is 1. The maximum Gasteiger partial charge on any atom is 0.253 e. The van der Waals surface area contributed by atoms with Crippen LogP contribution >= 0.6 is 0 Å². The van der Waals surface area contributed by atoms with Crippen LogP contribution in [-0.4, -0.2) is 59.1 Å². The van der Waals surface area contributed by atoms with Crippen molar-refractivity contribution in [2.75, 3.05) is 38.5 Å². The highest BCUT2D eigenvalue weighted by atomic mass is 16.3. The minimum atomic E-state index is -0.179. The van der Waals surface area contributed by atoms with Crippen molar-refractivity contribution in [3.05, 3.63) is 48.0 Å². The second-order valence-electron chi connectivity index (χ2n) is 6.00. The summed E-state index contributed by atoms with van der Waals surface area (Å²) in [6.45, 7) is 3.30. The highest BCUT2D eigenvalue weighted by Gasteiger charge is 2.20. The van der Waals surface area contributed by atoms with Crippen molar-refractivity contribution >= 4 is 17.3 Å². The van der Waals surface area contributed by atoms with E-state index in [0.717, 1.165) is 31.9 Å². The van der Waals surface area contributed by atoms with Crippen LogP contribution in [0, 0.1) is 0 Å². The van der Waals surface area contributed by atoms with Crippen LogP contribution in [0.1, 0.15) is 10.4 Å². The summed E-state index contributed by atoms with van der Waals surface area (Å²) in [5.74, 6) is -0.285. The van der Waals surface area contributed by atoms with Gasteiger partial charge in [0.15, 0.2) is 11.5 Å². The van der Waals surface area contributed by atoms with Crippen LogP contribution in [0.4, 0.5) is 11.4 Å². The molecular formula is C18H21N3O3. The molecule has 3 N–H and O–H groups in total. The summed E-state index contributed by atoms with van der Waals surface area (Å²) < 4.78 is 0. The second kappa shape index (κ2) is 6.80. The number of phenols is 2. The number of carbonyl (C=O) groups is 1. The van der Waals surface area contributed by atoms with Crippen molar-refractivity contribution < 1.29 is 15.0 Å². The van der Waals surface area contributed by atoms with E-state index in [-0.39, 0.29) is 17.4 Å². The van der Waals surface area contributed by atoms with Gasteiger partial charge in [0.05, 0.1) is 0 Å².